The minimum atomic E-state index is 0.221. The van der Waals surface area contributed by atoms with Crippen molar-refractivity contribution in [3.8, 4) is 0 Å². The maximum Gasteiger partial charge on any atom is 0.0685 e. The second-order valence-corrected chi connectivity index (χ2v) is 7.19. The highest BCUT2D eigenvalue weighted by molar-refractivity contribution is 4.96. The minimum Gasteiger partial charge on any atom is -0.378 e. The van der Waals surface area contributed by atoms with Crippen molar-refractivity contribution in [2.75, 3.05) is 20.3 Å². The highest BCUT2D eigenvalue weighted by Crippen LogP contribution is 2.43. The van der Waals surface area contributed by atoms with Gasteiger partial charge in [0.15, 0.2) is 0 Å². The van der Waals surface area contributed by atoms with Crippen LogP contribution in [0.2, 0.25) is 0 Å². The summed E-state index contributed by atoms with van der Waals surface area (Å²) in [6.45, 7) is 4.15. The summed E-state index contributed by atoms with van der Waals surface area (Å²) in [5.41, 5.74) is 0.221. The molecule has 0 aromatic heterocycles. The molecule has 0 aromatic rings. The van der Waals surface area contributed by atoms with Crippen molar-refractivity contribution in [3.05, 3.63) is 0 Å². The van der Waals surface area contributed by atoms with Crippen molar-refractivity contribution in [2.24, 2.45) is 11.8 Å². The Balaban J connectivity index is 1.68. The third-order valence-electron chi connectivity index (χ3n) is 6.03. The van der Waals surface area contributed by atoms with E-state index in [1.54, 1.807) is 0 Å². The van der Waals surface area contributed by atoms with E-state index in [2.05, 4.69) is 19.3 Å². The Morgan fingerprint density at radius 2 is 1.90 bits per heavy atom. The molecule has 2 heterocycles. The molecule has 3 rings (SSSR count). The van der Waals surface area contributed by atoms with E-state index in [0.717, 1.165) is 19.1 Å². The van der Waals surface area contributed by atoms with Crippen LogP contribution >= 0.6 is 0 Å². The second kappa shape index (κ2) is 6.33. The first-order chi connectivity index (χ1) is 9.74. The maximum atomic E-state index is 6.26. The molecule has 116 valence electrons. The molecule has 4 unspecified atom stereocenters. The molecule has 20 heavy (non-hydrogen) atoms. The first kappa shape index (κ1) is 14.8. The molecule has 3 aliphatic rings. The Morgan fingerprint density at radius 3 is 2.55 bits per heavy atom. The van der Waals surface area contributed by atoms with Gasteiger partial charge in [-0.2, -0.15) is 0 Å². The molecule has 1 aliphatic carbocycles. The van der Waals surface area contributed by atoms with Crippen LogP contribution in [-0.4, -0.2) is 38.0 Å². The zero-order valence-electron chi connectivity index (χ0n) is 13.2. The molecule has 0 aromatic carbocycles. The molecular weight excluding hydrogens is 250 g/mol. The molecule has 4 atom stereocenters. The first-order valence-corrected chi connectivity index (χ1v) is 8.67. The number of hydrogen-bond donors (Lipinski definition) is 1. The quantitative estimate of drug-likeness (QED) is 0.862. The number of nitrogens with one attached hydrogen (secondary N) is 1. The molecule has 2 saturated heterocycles. The fourth-order valence-corrected chi connectivity index (χ4v) is 4.94. The highest BCUT2D eigenvalue weighted by Gasteiger charge is 2.43. The molecule has 3 heteroatoms. The van der Waals surface area contributed by atoms with Crippen molar-refractivity contribution in [2.45, 2.75) is 76.0 Å². The summed E-state index contributed by atoms with van der Waals surface area (Å²) >= 11 is 0. The Hall–Kier alpha value is -0.120. The summed E-state index contributed by atoms with van der Waals surface area (Å²) in [6.07, 6.45) is 10.8. The van der Waals surface area contributed by atoms with Crippen molar-refractivity contribution in [1.82, 2.24) is 5.32 Å². The van der Waals surface area contributed by atoms with Gasteiger partial charge < -0.3 is 14.8 Å². The van der Waals surface area contributed by atoms with E-state index in [1.807, 2.05) is 0 Å². The van der Waals surface area contributed by atoms with Gasteiger partial charge >= 0.3 is 0 Å². The third kappa shape index (κ3) is 2.90. The normalized spacial score (nSPS) is 39.0. The first-order valence-electron chi connectivity index (χ1n) is 8.67. The Kier molecular flexibility index (Phi) is 4.68. The van der Waals surface area contributed by atoms with Crippen LogP contribution in [0.1, 0.15) is 58.3 Å². The van der Waals surface area contributed by atoms with E-state index in [9.17, 15) is 0 Å². The molecule has 2 aliphatic heterocycles. The maximum absolute atomic E-state index is 6.26. The molecule has 1 N–H and O–H groups in total. The smallest absolute Gasteiger partial charge is 0.0685 e. The second-order valence-electron chi connectivity index (χ2n) is 7.19. The molecule has 3 nitrogen and oxygen atoms in total. The zero-order valence-corrected chi connectivity index (χ0v) is 13.2. The van der Waals surface area contributed by atoms with Crippen molar-refractivity contribution in [1.29, 1.82) is 0 Å². The average Bonchev–Trinajstić information content (AvgIpc) is 2.87. The minimum absolute atomic E-state index is 0.221. The van der Waals surface area contributed by atoms with E-state index >= 15 is 0 Å². The predicted octanol–water partition coefficient (Wildman–Crippen LogP) is 3.13. The standard InChI is InChI=1S/C17H31NO2/c1-13-15(7-10-19-13)16(18-2)14-6-11-20-17(12-14)8-4-3-5-9-17/h13-16,18H,3-12H2,1-2H3. The van der Waals surface area contributed by atoms with E-state index in [4.69, 9.17) is 9.47 Å². The van der Waals surface area contributed by atoms with Gasteiger partial charge in [-0.15, -0.1) is 0 Å². The van der Waals surface area contributed by atoms with Gasteiger partial charge in [-0.25, -0.2) is 0 Å². The summed E-state index contributed by atoms with van der Waals surface area (Å²) in [5.74, 6) is 1.45. The van der Waals surface area contributed by atoms with E-state index < -0.39 is 0 Å². The van der Waals surface area contributed by atoms with Crippen LogP contribution in [0, 0.1) is 11.8 Å². The van der Waals surface area contributed by atoms with E-state index in [-0.39, 0.29) is 5.60 Å². The van der Waals surface area contributed by atoms with Gasteiger partial charge in [-0.1, -0.05) is 19.3 Å². The summed E-state index contributed by atoms with van der Waals surface area (Å²) in [4.78, 5) is 0. The van der Waals surface area contributed by atoms with Crippen LogP contribution < -0.4 is 5.32 Å². The Bertz CT molecular complexity index is 309. The summed E-state index contributed by atoms with van der Waals surface area (Å²) in [6, 6.07) is 0.607. The fraction of sp³-hybridized carbons (Fsp3) is 1.00. The summed E-state index contributed by atoms with van der Waals surface area (Å²) in [7, 11) is 2.14. The van der Waals surface area contributed by atoms with Gasteiger partial charge in [0.1, 0.15) is 0 Å². The highest BCUT2D eigenvalue weighted by atomic mass is 16.5. The molecule has 0 radical (unpaired) electrons. The Labute approximate surface area is 123 Å². The molecular formula is C17H31NO2. The Morgan fingerprint density at radius 1 is 1.10 bits per heavy atom. The van der Waals surface area contributed by atoms with Crippen LogP contribution in [-0.2, 0) is 9.47 Å². The molecule has 0 bridgehead atoms. The van der Waals surface area contributed by atoms with Crippen LogP contribution in [0.25, 0.3) is 0 Å². The van der Waals surface area contributed by atoms with Gasteiger partial charge in [0, 0.05) is 25.2 Å². The lowest BCUT2D eigenvalue weighted by atomic mass is 9.71. The molecule has 3 fully saturated rings. The third-order valence-corrected chi connectivity index (χ3v) is 6.03. The monoisotopic (exact) mass is 281 g/mol. The van der Waals surface area contributed by atoms with E-state index in [0.29, 0.717) is 18.1 Å². The fourth-order valence-electron chi connectivity index (χ4n) is 4.94. The van der Waals surface area contributed by atoms with Crippen molar-refractivity contribution in [3.63, 3.8) is 0 Å². The van der Waals surface area contributed by atoms with Crippen molar-refractivity contribution >= 4 is 0 Å². The summed E-state index contributed by atoms with van der Waals surface area (Å²) < 4.78 is 12.1. The lowest BCUT2D eigenvalue weighted by Gasteiger charge is -2.46. The zero-order chi connectivity index (χ0) is 14.0. The van der Waals surface area contributed by atoms with Crippen LogP contribution in [0.15, 0.2) is 0 Å². The SMILES string of the molecule is CNC(C1CCOC2(CCCCC2)C1)C1CCOC1C. The van der Waals surface area contributed by atoms with E-state index in [1.165, 1.54) is 51.4 Å². The lowest BCUT2D eigenvalue weighted by molar-refractivity contribution is -0.124. The van der Waals surface area contributed by atoms with Crippen LogP contribution in [0.5, 0.6) is 0 Å². The van der Waals surface area contributed by atoms with Crippen LogP contribution in [0.3, 0.4) is 0 Å². The topological polar surface area (TPSA) is 30.5 Å². The van der Waals surface area contributed by atoms with Gasteiger partial charge in [-0.05, 0) is 52.0 Å². The van der Waals surface area contributed by atoms with Crippen LogP contribution in [0.4, 0.5) is 0 Å². The molecule has 1 saturated carbocycles. The van der Waals surface area contributed by atoms with Gasteiger partial charge in [0.05, 0.1) is 11.7 Å². The predicted molar refractivity (Wildman–Crippen MR) is 80.9 cm³/mol. The van der Waals surface area contributed by atoms with Gasteiger partial charge in [0.2, 0.25) is 0 Å². The number of rotatable bonds is 3. The van der Waals surface area contributed by atoms with Gasteiger partial charge in [-0.3, -0.25) is 0 Å². The molecule has 0 amide bonds. The largest absolute Gasteiger partial charge is 0.378 e. The lowest BCUT2D eigenvalue weighted by Crippen LogP contribution is -2.50. The number of hydrogen-bond acceptors (Lipinski definition) is 3. The number of ether oxygens (including phenoxy) is 2. The average molecular weight is 281 g/mol. The molecule has 1 spiro atoms. The van der Waals surface area contributed by atoms with Crippen molar-refractivity contribution < 1.29 is 9.47 Å². The summed E-state index contributed by atoms with van der Waals surface area (Å²) in [5, 5.41) is 3.63. The van der Waals surface area contributed by atoms with Gasteiger partial charge in [0.25, 0.3) is 0 Å².